The first-order valence-electron chi connectivity index (χ1n) is 8.91. The molecule has 0 spiro atoms. The first-order chi connectivity index (χ1) is 13.3. The smallest absolute Gasteiger partial charge is 0.437 e. The van der Waals surface area contributed by atoms with Gasteiger partial charge in [-0.2, -0.15) is 0 Å². The zero-order valence-electron chi connectivity index (χ0n) is 14.8. The van der Waals surface area contributed by atoms with Crippen LogP contribution >= 0.6 is 0 Å². The minimum absolute atomic E-state index is 0.101. The van der Waals surface area contributed by atoms with Gasteiger partial charge in [-0.05, 0) is 27.6 Å². The van der Waals surface area contributed by atoms with E-state index >= 15 is 0 Å². The van der Waals surface area contributed by atoms with E-state index in [1.165, 1.54) is 5.56 Å². The maximum absolute atomic E-state index is 12.5. The van der Waals surface area contributed by atoms with Crippen molar-refractivity contribution in [3.8, 4) is 11.4 Å². The second-order valence-corrected chi connectivity index (χ2v) is 6.67. The number of hydrogen-bond donors (Lipinski definition) is 1. The number of nitrogens with one attached hydrogen (secondary N) is 1. The average molecular weight is 363 g/mol. The van der Waals surface area contributed by atoms with E-state index in [1.807, 2.05) is 42.5 Å². The third-order valence-electron chi connectivity index (χ3n) is 5.21. The van der Waals surface area contributed by atoms with E-state index in [0.29, 0.717) is 12.2 Å². The molecule has 7 heteroatoms. The van der Waals surface area contributed by atoms with Crippen molar-refractivity contribution in [1.29, 1.82) is 0 Å². The molecule has 1 saturated heterocycles. The quantitative estimate of drug-likeness (QED) is 0.563. The van der Waals surface area contributed by atoms with Crippen LogP contribution in [0.15, 0.2) is 68.9 Å². The number of hydrogen-bond acceptors (Lipinski definition) is 5. The Labute approximate surface area is 155 Å². The predicted octanol–water partition coefficient (Wildman–Crippen LogP) is 1.48. The summed E-state index contributed by atoms with van der Waals surface area (Å²) in [6.45, 7) is 1.56. The maximum atomic E-state index is 12.5. The summed E-state index contributed by atoms with van der Waals surface area (Å²) >= 11 is 0. The molecular weight excluding hydrogens is 344 g/mol. The van der Waals surface area contributed by atoms with E-state index in [9.17, 15) is 4.79 Å². The van der Waals surface area contributed by atoms with Gasteiger partial charge in [0.2, 0.25) is 5.69 Å². The lowest BCUT2D eigenvalue weighted by Gasteiger charge is -2.07. The summed E-state index contributed by atoms with van der Waals surface area (Å²) in [5, 5.41) is 2.71. The molecule has 136 valence electrons. The highest BCUT2D eigenvalue weighted by atomic mass is 16.5. The molecule has 2 aliphatic rings. The molecule has 0 aliphatic carbocycles. The van der Waals surface area contributed by atoms with Gasteiger partial charge in [-0.15, -0.1) is 0 Å². The zero-order chi connectivity index (χ0) is 18.4. The molecule has 1 N–H and O–H groups in total. The molecule has 3 aromatic rings. The Morgan fingerprint density at radius 3 is 2.67 bits per heavy atom. The average Bonchev–Trinajstić information content (AvgIpc) is 3.35. The highest BCUT2D eigenvalue weighted by Gasteiger charge is 2.56. The minimum Gasteiger partial charge on any atom is -0.497 e. The molecule has 3 heterocycles. The molecule has 0 amide bonds. The van der Waals surface area contributed by atoms with Gasteiger partial charge in [0.05, 0.1) is 25.7 Å². The number of methoxy groups -OCH3 is 1. The van der Waals surface area contributed by atoms with E-state index in [2.05, 4.69) is 22.3 Å². The molecular formula is C20H19N4O3+. The first kappa shape index (κ1) is 16.0. The Morgan fingerprint density at radius 1 is 1.15 bits per heavy atom. The fourth-order valence-electron chi connectivity index (χ4n) is 3.88. The van der Waals surface area contributed by atoms with E-state index in [-0.39, 0.29) is 12.1 Å². The van der Waals surface area contributed by atoms with E-state index in [0.717, 1.165) is 23.7 Å². The SMILES string of the molecule is COc1ccc(-[n+]2[nH]oc(=O)c2C2=NCCN3C2C3c2ccccc2)cc1. The van der Waals surface area contributed by atoms with Crippen molar-refractivity contribution >= 4 is 5.71 Å². The summed E-state index contributed by atoms with van der Waals surface area (Å²) < 4.78 is 12.0. The van der Waals surface area contributed by atoms with Gasteiger partial charge in [-0.25, -0.2) is 4.79 Å². The van der Waals surface area contributed by atoms with Crippen LogP contribution in [0, 0.1) is 0 Å². The van der Waals surface area contributed by atoms with Gasteiger partial charge in [-0.1, -0.05) is 30.3 Å². The summed E-state index contributed by atoms with van der Waals surface area (Å²) in [5.41, 5.74) is 2.85. The Hall–Kier alpha value is -3.19. The Bertz CT molecular complexity index is 1050. The number of aliphatic imine (C=N–C) groups is 1. The first-order valence-corrected chi connectivity index (χ1v) is 8.91. The number of fused-ring (bicyclic) bond motifs is 1. The van der Waals surface area contributed by atoms with Gasteiger partial charge in [0.15, 0.2) is 0 Å². The summed E-state index contributed by atoms with van der Waals surface area (Å²) in [5.74, 6) is 0.749. The van der Waals surface area contributed by atoms with Crippen molar-refractivity contribution < 1.29 is 13.9 Å². The standard InChI is InChI=1S/C20H18N4O3/c1-26-15-9-7-14(8-10-15)24-19(20(25)27-22-24)16-18-17(23(18)12-11-21-16)13-5-3-2-4-6-13/h2-10,17-18H,11-12H2,1H3/p+1. The number of rotatable bonds is 4. The molecule has 1 aromatic heterocycles. The van der Waals surface area contributed by atoms with E-state index in [4.69, 9.17) is 14.3 Å². The van der Waals surface area contributed by atoms with Crippen LogP contribution in [0.25, 0.3) is 5.69 Å². The molecule has 0 saturated carbocycles. The van der Waals surface area contributed by atoms with Crippen LogP contribution in [0.3, 0.4) is 0 Å². The van der Waals surface area contributed by atoms with Crippen molar-refractivity contribution in [2.24, 2.45) is 4.99 Å². The maximum Gasteiger partial charge on any atom is 0.437 e. The minimum atomic E-state index is -0.412. The molecule has 1 fully saturated rings. The second-order valence-electron chi connectivity index (χ2n) is 6.67. The Kier molecular flexibility index (Phi) is 3.68. The molecule has 2 aliphatic heterocycles. The largest absolute Gasteiger partial charge is 0.497 e. The van der Waals surface area contributed by atoms with Crippen LogP contribution in [0.4, 0.5) is 0 Å². The van der Waals surface area contributed by atoms with Crippen molar-refractivity contribution in [3.05, 3.63) is 76.3 Å². The zero-order valence-corrected chi connectivity index (χ0v) is 14.8. The fourth-order valence-corrected chi connectivity index (χ4v) is 3.88. The van der Waals surface area contributed by atoms with Crippen molar-refractivity contribution in [1.82, 2.24) is 10.2 Å². The topological polar surface area (TPSA) is 74.5 Å². The second kappa shape index (κ2) is 6.21. The molecule has 0 bridgehead atoms. The summed E-state index contributed by atoms with van der Waals surface area (Å²) in [4.78, 5) is 19.6. The molecule has 3 atom stereocenters. The normalized spacial score (nSPS) is 23.4. The van der Waals surface area contributed by atoms with Gasteiger partial charge < -0.3 is 4.74 Å². The third kappa shape index (κ3) is 2.59. The third-order valence-corrected chi connectivity index (χ3v) is 5.21. The van der Waals surface area contributed by atoms with Gasteiger partial charge >= 0.3 is 11.3 Å². The van der Waals surface area contributed by atoms with Crippen molar-refractivity contribution in [2.75, 3.05) is 20.2 Å². The summed E-state index contributed by atoms with van der Waals surface area (Å²) in [6.07, 6.45) is 0. The number of aromatic nitrogens is 2. The van der Waals surface area contributed by atoms with Crippen LogP contribution in [0.1, 0.15) is 17.3 Å². The van der Waals surface area contributed by atoms with Crippen LogP contribution in [-0.4, -0.2) is 42.1 Å². The molecule has 3 unspecified atom stereocenters. The summed E-state index contributed by atoms with van der Waals surface area (Å²) in [7, 11) is 1.62. The van der Waals surface area contributed by atoms with Gasteiger partial charge in [-0.3, -0.25) is 14.4 Å². The van der Waals surface area contributed by atoms with Crippen molar-refractivity contribution in [3.63, 3.8) is 0 Å². The highest BCUT2D eigenvalue weighted by molar-refractivity contribution is 6.04. The van der Waals surface area contributed by atoms with Crippen LogP contribution < -0.4 is 15.0 Å². The molecule has 5 rings (SSSR count). The lowest BCUT2D eigenvalue weighted by molar-refractivity contribution is -0.671. The predicted molar refractivity (Wildman–Crippen MR) is 98.5 cm³/mol. The number of aromatic amines is 1. The molecule has 2 aromatic carbocycles. The molecule has 7 nitrogen and oxygen atoms in total. The molecule has 27 heavy (non-hydrogen) atoms. The monoisotopic (exact) mass is 363 g/mol. The Balaban J connectivity index is 1.54. The lowest BCUT2D eigenvalue weighted by atomic mass is 10.1. The van der Waals surface area contributed by atoms with Gasteiger partial charge in [0.25, 0.3) is 0 Å². The number of nitrogens with zero attached hydrogens (tertiary/aromatic N) is 3. The van der Waals surface area contributed by atoms with Crippen LogP contribution in [-0.2, 0) is 0 Å². The lowest BCUT2D eigenvalue weighted by Crippen LogP contribution is -2.44. The molecule has 0 radical (unpaired) electrons. The van der Waals surface area contributed by atoms with Crippen LogP contribution in [0.2, 0.25) is 0 Å². The number of ether oxygens (including phenoxy) is 1. The van der Waals surface area contributed by atoms with Gasteiger partial charge in [0, 0.05) is 18.7 Å². The highest BCUT2D eigenvalue weighted by Crippen LogP contribution is 2.45. The van der Waals surface area contributed by atoms with E-state index in [1.54, 1.807) is 11.8 Å². The number of benzene rings is 2. The Morgan fingerprint density at radius 2 is 1.93 bits per heavy atom. The van der Waals surface area contributed by atoms with Gasteiger partial charge in [0.1, 0.15) is 11.5 Å². The van der Waals surface area contributed by atoms with E-state index < -0.39 is 5.63 Å². The number of H-pyrrole nitrogens is 1. The fraction of sp³-hybridized carbons (Fsp3) is 0.250. The van der Waals surface area contributed by atoms with Crippen LogP contribution in [0.5, 0.6) is 5.75 Å². The van der Waals surface area contributed by atoms with Crippen molar-refractivity contribution in [2.45, 2.75) is 12.1 Å². The summed E-state index contributed by atoms with van der Waals surface area (Å²) in [6, 6.07) is 18.1.